The maximum Gasteiger partial charge on any atom is 0.349 e. The first kappa shape index (κ1) is 12.2. The van der Waals surface area contributed by atoms with E-state index < -0.39 is 0 Å². The lowest BCUT2D eigenvalue weighted by Gasteiger charge is -2.12. The molecule has 0 saturated heterocycles. The van der Waals surface area contributed by atoms with Crippen LogP contribution in [0.15, 0.2) is 30.5 Å². The molecule has 0 spiro atoms. The van der Waals surface area contributed by atoms with Gasteiger partial charge in [0.15, 0.2) is 5.13 Å². The topological polar surface area (TPSA) is 51.2 Å². The number of aryl methyl sites for hydroxylation is 1. The predicted molar refractivity (Wildman–Crippen MR) is 74.6 cm³/mol. The van der Waals surface area contributed by atoms with Gasteiger partial charge < -0.3 is 10.1 Å². The van der Waals surface area contributed by atoms with E-state index in [1.165, 1.54) is 29.6 Å². The summed E-state index contributed by atoms with van der Waals surface area (Å²) < 4.78 is 4.68. The molecule has 0 saturated carbocycles. The third-order valence-corrected chi connectivity index (χ3v) is 4.23. The minimum Gasteiger partial charge on any atom is -0.465 e. The molecule has 19 heavy (non-hydrogen) atoms. The minimum atomic E-state index is -0.336. The molecule has 2 aromatic rings. The Morgan fingerprint density at radius 1 is 1.47 bits per heavy atom. The summed E-state index contributed by atoms with van der Waals surface area (Å²) in [6.45, 7) is 0. The van der Waals surface area contributed by atoms with Crippen LogP contribution in [0.2, 0.25) is 0 Å². The molecule has 1 N–H and O–H groups in total. The molecule has 1 unspecified atom stereocenters. The van der Waals surface area contributed by atoms with Crippen LogP contribution in [0, 0.1) is 0 Å². The normalized spacial score (nSPS) is 17.0. The third kappa shape index (κ3) is 2.33. The molecule has 1 atom stereocenters. The molecule has 0 radical (unpaired) electrons. The van der Waals surface area contributed by atoms with Crippen LogP contribution in [0.1, 0.15) is 33.3 Å². The maximum absolute atomic E-state index is 11.4. The molecule has 0 amide bonds. The summed E-state index contributed by atoms with van der Waals surface area (Å²) in [5.74, 6) is -0.336. The van der Waals surface area contributed by atoms with Gasteiger partial charge in [-0.05, 0) is 24.0 Å². The minimum absolute atomic E-state index is 0.285. The number of benzene rings is 1. The van der Waals surface area contributed by atoms with Gasteiger partial charge in [-0.3, -0.25) is 0 Å². The summed E-state index contributed by atoms with van der Waals surface area (Å²) in [7, 11) is 1.38. The lowest BCUT2D eigenvalue weighted by molar-refractivity contribution is 0.0606. The van der Waals surface area contributed by atoms with E-state index in [1.54, 1.807) is 6.20 Å². The monoisotopic (exact) mass is 274 g/mol. The van der Waals surface area contributed by atoms with Gasteiger partial charge in [0.1, 0.15) is 4.88 Å². The van der Waals surface area contributed by atoms with E-state index in [0.29, 0.717) is 4.88 Å². The van der Waals surface area contributed by atoms with Crippen LogP contribution < -0.4 is 5.32 Å². The first-order chi connectivity index (χ1) is 9.28. The van der Waals surface area contributed by atoms with Crippen LogP contribution in [0.4, 0.5) is 5.13 Å². The van der Waals surface area contributed by atoms with E-state index in [4.69, 9.17) is 0 Å². The largest absolute Gasteiger partial charge is 0.465 e. The van der Waals surface area contributed by atoms with Crippen LogP contribution >= 0.6 is 11.3 Å². The lowest BCUT2D eigenvalue weighted by Crippen LogP contribution is -2.06. The second-order valence-electron chi connectivity index (χ2n) is 4.46. The standard InChI is InChI=1S/C14H14N2O2S/c1-18-13(17)12-8-15-14(19-12)16-11-7-6-9-4-2-3-5-10(9)11/h2-5,8,11H,6-7H2,1H3,(H,15,16). The lowest BCUT2D eigenvalue weighted by atomic mass is 10.1. The highest BCUT2D eigenvalue weighted by molar-refractivity contribution is 7.17. The molecule has 1 aliphatic rings. The molecule has 98 valence electrons. The summed E-state index contributed by atoms with van der Waals surface area (Å²) in [6, 6.07) is 8.72. The van der Waals surface area contributed by atoms with E-state index in [2.05, 4.69) is 39.3 Å². The number of hydrogen-bond donors (Lipinski definition) is 1. The number of hydrogen-bond acceptors (Lipinski definition) is 5. The van der Waals surface area contributed by atoms with E-state index in [0.717, 1.165) is 18.0 Å². The van der Waals surface area contributed by atoms with Crippen LogP contribution in [0.25, 0.3) is 0 Å². The Labute approximate surface area is 115 Å². The highest BCUT2D eigenvalue weighted by atomic mass is 32.1. The zero-order chi connectivity index (χ0) is 13.2. The molecule has 0 fully saturated rings. The molecule has 5 heteroatoms. The third-order valence-electron chi connectivity index (χ3n) is 3.32. The first-order valence-corrected chi connectivity index (χ1v) is 6.98. The highest BCUT2D eigenvalue weighted by Crippen LogP contribution is 2.34. The number of anilines is 1. The number of ether oxygens (including phenoxy) is 1. The van der Waals surface area contributed by atoms with E-state index in [9.17, 15) is 4.79 Å². The number of nitrogens with zero attached hydrogens (tertiary/aromatic N) is 1. The van der Waals surface area contributed by atoms with Crippen molar-refractivity contribution in [3.05, 3.63) is 46.5 Å². The Morgan fingerprint density at radius 2 is 2.32 bits per heavy atom. The average Bonchev–Trinajstić information content (AvgIpc) is 3.06. The van der Waals surface area contributed by atoms with Crippen molar-refractivity contribution in [3.8, 4) is 0 Å². The Hall–Kier alpha value is -1.88. The van der Waals surface area contributed by atoms with Crippen LogP contribution in [-0.4, -0.2) is 18.1 Å². The molecule has 0 bridgehead atoms. The van der Waals surface area contributed by atoms with Crippen molar-refractivity contribution in [3.63, 3.8) is 0 Å². The molecule has 4 nitrogen and oxygen atoms in total. The number of esters is 1. The van der Waals surface area contributed by atoms with Crippen molar-refractivity contribution in [1.29, 1.82) is 0 Å². The number of carbonyl (C=O) groups excluding carboxylic acids is 1. The average molecular weight is 274 g/mol. The predicted octanol–water partition coefficient (Wildman–Crippen LogP) is 3.03. The molecule has 1 heterocycles. The van der Waals surface area contributed by atoms with Gasteiger partial charge in [0, 0.05) is 0 Å². The maximum atomic E-state index is 11.4. The van der Waals surface area contributed by atoms with Crippen molar-refractivity contribution in [1.82, 2.24) is 4.98 Å². The summed E-state index contributed by atoms with van der Waals surface area (Å²) in [6.07, 6.45) is 3.70. The molecule has 0 aliphatic heterocycles. The zero-order valence-corrected chi connectivity index (χ0v) is 11.4. The van der Waals surface area contributed by atoms with Crippen LogP contribution in [0.5, 0.6) is 0 Å². The van der Waals surface area contributed by atoms with Crippen LogP contribution in [-0.2, 0) is 11.2 Å². The SMILES string of the molecule is COC(=O)c1cnc(NC2CCc3ccccc32)s1. The molecule has 1 aliphatic carbocycles. The number of nitrogens with one attached hydrogen (secondary N) is 1. The van der Waals surface area contributed by atoms with Crippen molar-refractivity contribution < 1.29 is 9.53 Å². The van der Waals surface area contributed by atoms with Crippen molar-refractivity contribution >= 4 is 22.4 Å². The fourth-order valence-electron chi connectivity index (χ4n) is 2.39. The summed E-state index contributed by atoms with van der Waals surface area (Å²) in [5, 5.41) is 4.16. The van der Waals surface area contributed by atoms with Gasteiger partial charge in [-0.15, -0.1) is 0 Å². The number of methoxy groups -OCH3 is 1. The summed E-state index contributed by atoms with van der Waals surface area (Å²) in [4.78, 5) is 16.1. The fourth-order valence-corrected chi connectivity index (χ4v) is 3.18. The van der Waals surface area contributed by atoms with Gasteiger partial charge in [-0.1, -0.05) is 35.6 Å². The van der Waals surface area contributed by atoms with E-state index in [1.807, 2.05) is 0 Å². The summed E-state index contributed by atoms with van der Waals surface area (Å²) in [5.41, 5.74) is 2.72. The summed E-state index contributed by atoms with van der Waals surface area (Å²) >= 11 is 1.33. The van der Waals surface area contributed by atoms with Crippen LogP contribution in [0.3, 0.4) is 0 Å². The Morgan fingerprint density at radius 3 is 3.16 bits per heavy atom. The Kier molecular flexibility index (Phi) is 3.21. The highest BCUT2D eigenvalue weighted by Gasteiger charge is 2.22. The smallest absolute Gasteiger partial charge is 0.349 e. The number of carbonyl (C=O) groups is 1. The van der Waals surface area contributed by atoms with E-state index >= 15 is 0 Å². The van der Waals surface area contributed by atoms with Gasteiger partial charge in [-0.2, -0.15) is 0 Å². The van der Waals surface area contributed by atoms with Crippen molar-refractivity contribution in [2.45, 2.75) is 18.9 Å². The Balaban J connectivity index is 1.76. The second-order valence-corrected chi connectivity index (χ2v) is 5.49. The number of rotatable bonds is 3. The fraction of sp³-hybridized carbons (Fsp3) is 0.286. The Bertz CT molecular complexity index is 609. The van der Waals surface area contributed by atoms with Gasteiger partial charge in [0.25, 0.3) is 0 Å². The second kappa shape index (κ2) is 5.01. The number of aromatic nitrogens is 1. The molecular formula is C14H14N2O2S. The van der Waals surface area contributed by atoms with Gasteiger partial charge in [-0.25, -0.2) is 9.78 Å². The van der Waals surface area contributed by atoms with Gasteiger partial charge in [0.05, 0.1) is 19.3 Å². The van der Waals surface area contributed by atoms with Gasteiger partial charge >= 0.3 is 5.97 Å². The van der Waals surface area contributed by atoms with Crippen molar-refractivity contribution in [2.24, 2.45) is 0 Å². The molecule has 1 aromatic carbocycles. The molecular weight excluding hydrogens is 260 g/mol. The molecule has 3 rings (SSSR count). The molecule has 1 aromatic heterocycles. The first-order valence-electron chi connectivity index (χ1n) is 6.16. The number of fused-ring (bicyclic) bond motifs is 1. The quantitative estimate of drug-likeness (QED) is 0.874. The number of thiazole rings is 1. The van der Waals surface area contributed by atoms with Crippen molar-refractivity contribution in [2.75, 3.05) is 12.4 Å². The van der Waals surface area contributed by atoms with E-state index in [-0.39, 0.29) is 12.0 Å². The zero-order valence-electron chi connectivity index (χ0n) is 10.6. The van der Waals surface area contributed by atoms with Gasteiger partial charge in [0.2, 0.25) is 0 Å².